The largest absolute Gasteiger partial charge is 0.497 e. The van der Waals surface area contributed by atoms with E-state index in [1.807, 2.05) is 74.5 Å². The van der Waals surface area contributed by atoms with Gasteiger partial charge < -0.3 is 28.8 Å². The summed E-state index contributed by atoms with van der Waals surface area (Å²) < 4.78 is 40.0. The molecule has 0 bridgehead atoms. The minimum absolute atomic E-state index is 0.0209. The van der Waals surface area contributed by atoms with Crippen molar-refractivity contribution >= 4 is 24.7 Å². The van der Waals surface area contributed by atoms with E-state index in [0.717, 1.165) is 21.7 Å². The number of benzene rings is 4. The van der Waals surface area contributed by atoms with Gasteiger partial charge in [-0.15, -0.1) is 0 Å². The third-order valence-corrected chi connectivity index (χ3v) is 14.3. The van der Waals surface area contributed by atoms with Crippen molar-refractivity contribution < 1.29 is 38.0 Å². The van der Waals surface area contributed by atoms with Crippen LogP contribution in [0.1, 0.15) is 57.0 Å². The van der Waals surface area contributed by atoms with Crippen LogP contribution in [0, 0.1) is 5.92 Å². The summed E-state index contributed by atoms with van der Waals surface area (Å²) in [5.41, 5.74) is 1.09. The van der Waals surface area contributed by atoms with Crippen molar-refractivity contribution in [2.45, 2.75) is 77.1 Å². The molecule has 0 saturated carbocycles. The van der Waals surface area contributed by atoms with E-state index in [1.165, 1.54) is 6.08 Å². The van der Waals surface area contributed by atoms with Crippen molar-refractivity contribution in [3.63, 3.8) is 0 Å². The average Bonchev–Trinajstić information content (AvgIpc) is 3.14. The molecule has 0 amide bonds. The molecule has 0 radical (unpaired) electrons. The lowest BCUT2D eigenvalue weighted by molar-refractivity contribution is -0.0723. The van der Waals surface area contributed by atoms with Gasteiger partial charge in [0.1, 0.15) is 17.7 Å². The molecule has 0 saturated heterocycles. The number of hydrogen-bond donors (Lipinski definition) is 2. The van der Waals surface area contributed by atoms with Gasteiger partial charge in [-0.1, -0.05) is 119 Å². The predicted octanol–water partition coefficient (Wildman–Crippen LogP) is 7.00. The van der Waals surface area contributed by atoms with Crippen LogP contribution < -0.4 is 15.1 Å². The molecule has 5 atom stereocenters. The van der Waals surface area contributed by atoms with Crippen LogP contribution in [0.3, 0.4) is 0 Å². The lowest BCUT2D eigenvalue weighted by Gasteiger charge is -2.45. The molecule has 0 aliphatic carbocycles. The van der Waals surface area contributed by atoms with Crippen LogP contribution >= 0.6 is 0 Å². The molecule has 4 rings (SSSR count). The summed E-state index contributed by atoms with van der Waals surface area (Å²) in [6, 6.07) is 35.9. The van der Waals surface area contributed by atoms with Crippen LogP contribution in [0.15, 0.2) is 127 Å². The molecule has 4 aromatic carbocycles. The van der Waals surface area contributed by atoms with Gasteiger partial charge in [-0.25, -0.2) is 9.18 Å². The van der Waals surface area contributed by atoms with E-state index >= 15 is 4.39 Å². The van der Waals surface area contributed by atoms with E-state index in [0.29, 0.717) is 0 Å². The van der Waals surface area contributed by atoms with Gasteiger partial charge in [0.25, 0.3) is 8.32 Å². The average molecular weight is 715 g/mol. The van der Waals surface area contributed by atoms with Crippen LogP contribution in [0.25, 0.3) is 0 Å². The maximum atomic E-state index is 16.4. The molecule has 0 aliphatic heterocycles. The first-order chi connectivity index (χ1) is 24.4. The fraction of sp³-hybridized carbons (Fsp3) is 0.357. The topological polar surface area (TPSA) is 94.5 Å². The Bertz CT molecular complexity index is 1620. The molecule has 0 heterocycles. The first kappa shape index (κ1) is 39.7. The van der Waals surface area contributed by atoms with Crippen molar-refractivity contribution in [2.75, 3.05) is 13.7 Å². The van der Waals surface area contributed by atoms with Gasteiger partial charge >= 0.3 is 5.97 Å². The van der Waals surface area contributed by atoms with Crippen molar-refractivity contribution in [1.29, 1.82) is 0 Å². The lowest BCUT2D eigenvalue weighted by atomic mass is 10.00. The number of carbonyl (C=O) groups excluding carboxylic acids is 1. The van der Waals surface area contributed by atoms with Crippen molar-refractivity contribution in [3.8, 4) is 5.75 Å². The number of hydrogen-bond acceptors (Lipinski definition) is 7. The molecule has 0 aromatic heterocycles. The smallest absolute Gasteiger partial charge is 0.338 e. The molecule has 9 heteroatoms. The Morgan fingerprint density at radius 3 is 1.86 bits per heavy atom. The van der Waals surface area contributed by atoms with Gasteiger partial charge in [-0.2, -0.15) is 0 Å². The highest BCUT2D eigenvalue weighted by molar-refractivity contribution is 6.99. The van der Waals surface area contributed by atoms with E-state index in [1.54, 1.807) is 37.4 Å². The van der Waals surface area contributed by atoms with E-state index in [2.05, 4.69) is 45.0 Å². The maximum Gasteiger partial charge on any atom is 0.338 e. The minimum atomic E-state index is -2.96. The Morgan fingerprint density at radius 2 is 1.35 bits per heavy atom. The Hall–Kier alpha value is -4.12. The van der Waals surface area contributed by atoms with E-state index in [-0.39, 0.29) is 30.2 Å². The summed E-state index contributed by atoms with van der Waals surface area (Å²) in [5.74, 6) is -1.49. The summed E-state index contributed by atoms with van der Waals surface area (Å²) in [5, 5.41) is 24.1. The number of aliphatic hydroxyl groups is 2. The first-order valence-corrected chi connectivity index (χ1v) is 19.3. The number of methoxy groups -OCH3 is 1. The maximum absolute atomic E-state index is 16.4. The third-order valence-electron chi connectivity index (χ3n) is 9.15. The Morgan fingerprint density at radius 1 is 0.824 bits per heavy atom. The number of esters is 1. The SMILES string of the molecule is COc1ccc(COCC[C@@H](O)[C@@H](O)C(OC(=O)c2ccccc2)/C(F)=C\[C@@H](C)[C@H](C)O[Si](c2ccccc2)(c2ccccc2)C(C)(C)C)cc1. The zero-order valence-electron chi connectivity index (χ0n) is 30.4. The van der Waals surface area contributed by atoms with Crippen molar-refractivity contribution in [3.05, 3.63) is 138 Å². The van der Waals surface area contributed by atoms with Crippen LogP contribution in [-0.2, 0) is 20.5 Å². The lowest BCUT2D eigenvalue weighted by Crippen LogP contribution is -2.67. The Kier molecular flexibility index (Phi) is 14.3. The molecule has 272 valence electrons. The van der Waals surface area contributed by atoms with Gasteiger partial charge in [-0.05, 0) is 64.7 Å². The summed E-state index contributed by atoms with van der Waals surface area (Å²) in [4.78, 5) is 13.1. The van der Waals surface area contributed by atoms with Crippen molar-refractivity contribution in [2.24, 2.45) is 5.92 Å². The van der Waals surface area contributed by atoms with Gasteiger partial charge in [0.15, 0.2) is 6.10 Å². The van der Waals surface area contributed by atoms with Crippen LogP contribution in [0.4, 0.5) is 4.39 Å². The van der Waals surface area contributed by atoms with Crippen LogP contribution in [-0.4, -0.2) is 62.6 Å². The zero-order chi connectivity index (χ0) is 37.0. The number of carbonyl (C=O) groups is 1. The molecule has 0 aliphatic rings. The molecule has 0 spiro atoms. The Balaban J connectivity index is 1.56. The molecule has 4 aromatic rings. The predicted molar refractivity (Wildman–Crippen MR) is 201 cm³/mol. The van der Waals surface area contributed by atoms with Gasteiger partial charge in [-0.3, -0.25) is 0 Å². The first-order valence-electron chi connectivity index (χ1n) is 17.4. The highest BCUT2D eigenvalue weighted by Crippen LogP contribution is 2.38. The molecule has 1 unspecified atom stereocenters. The molecule has 0 fully saturated rings. The van der Waals surface area contributed by atoms with E-state index < -0.39 is 50.4 Å². The minimum Gasteiger partial charge on any atom is -0.497 e. The summed E-state index contributed by atoms with van der Waals surface area (Å²) in [7, 11) is -1.37. The molecule has 2 N–H and O–H groups in total. The van der Waals surface area contributed by atoms with E-state index in [9.17, 15) is 15.0 Å². The number of ether oxygens (including phenoxy) is 3. The van der Waals surface area contributed by atoms with Crippen LogP contribution in [0.2, 0.25) is 5.04 Å². The second-order valence-electron chi connectivity index (χ2n) is 13.8. The van der Waals surface area contributed by atoms with Gasteiger partial charge in [0.2, 0.25) is 0 Å². The van der Waals surface area contributed by atoms with Crippen LogP contribution in [0.5, 0.6) is 5.75 Å². The standard InChI is InChI=1S/C42H51FO7Si/c1-30(31(2)50-51(42(3,4)5,35-18-12-8-13-19-35)36-20-14-9-15-21-36)28-37(43)40(49-41(46)33-16-10-7-11-17-33)39(45)38(44)26-27-48-29-32-22-24-34(47-6)25-23-32/h7-25,28,30-31,38-40,44-45H,26-27,29H2,1-6H3/b37-28+/t30-,31+,38-,39-,40?/m1/s1. The summed E-state index contributed by atoms with van der Waals surface area (Å²) >= 11 is 0. The van der Waals surface area contributed by atoms with Gasteiger partial charge in [0, 0.05) is 18.6 Å². The summed E-state index contributed by atoms with van der Waals surface area (Å²) in [6.45, 7) is 10.6. The highest BCUT2D eigenvalue weighted by atomic mass is 28.4. The highest BCUT2D eigenvalue weighted by Gasteiger charge is 2.51. The Labute approximate surface area is 302 Å². The second-order valence-corrected chi connectivity index (χ2v) is 18.1. The number of aliphatic hydroxyl groups excluding tert-OH is 2. The summed E-state index contributed by atoms with van der Waals surface area (Å²) in [6.07, 6.45) is -4.17. The van der Waals surface area contributed by atoms with Gasteiger partial charge in [0.05, 0.1) is 25.4 Å². The normalized spacial score (nSPS) is 15.4. The fourth-order valence-electron chi connectivity index (χ4n) is 6.09. The molecule has 7 nitrogen and oxygen atoms in total. The number of rotatable bonds is 17. The molecular weight excluding hydrogens is 664 g/mol. The fourth-order valence-corrected chi connectivity index (χ4v) is 10.9. The van der Waals surface area contributed by atoms with E-state index in [4.69, 9.17) is 18.6 Å². The second kappa shape index (κ2) is 18.4. The zero-order valence-corrected chi connectivity index (χ0v) is 31.4. The molecular formula is C42H51FO7Si. The third kappa shape index (κ3) is 10.2. The number of halogens is 1. The monoisotopic (exact) mass is 714 g/mol. The molecule has 51 heavy (non-hydrogen) atoms. The van der Waals surface area contributed by atoms with Crippen molar-refractivity contribution in [1.82, 2.24) is 0 Å². The quantitative estimate of drug-likeness (QED) is 0.0691.